The van der Waals surface area contributed by atoms with Crippen LogP contribution in [0.2, 0.25) is 0 Å². The summed E-state index contributed by atoms with van der Waals surface area (Å²) in [5.74, 6) is 1.65. The zero-order valence-corrected chi connectivity index (χ0v) is 12.4. The molecule has 1 aliphatic rings. The molecule has 0 unspecified atom stereocenters. The highest BCUT2D eigenvalue weighted by atomic mass is 16.5. The topological polar surface area (TPSA) is 21.3 Å². The zero-order valence-electron chi connectivity index (χ0n) is 12.4. The second-order valence-electron chi connectivity index (χ2n) is 5.57. The molecule has 3 rings (SSSR count). The molecule has 2 aromatic rings. The molecule has 2 aromatic carbocycles. The van der Waals surface area contributed by atoms with Gasteiger partial charge in [0.2, 0.25) is 0 Å². The van der Waals surface area contributed by atoms with Gasteiger partial charge >= 0.3 is 0 Å². The summed E-state index contributed by atoms with van der Waals surface area (Å²) in [7, 11) is 0. The summed E-state index contributed by atoms with van der Waals surface area (Å²) in [6.45, 7) is 6.31. The summed E-state index contributed by atoms with van der Waals surface area (Å²) >= 11 is 0. The van der Waals surface area contributed by atoms with E-state index < -0.39 is 0 Å². The predicted octanol–water partition coefficient (Wildman–Crippen LogP) is 4.94. The van der Waals surface area contributed by atoms with Crippen LogP contribution in [0.4, 0.5) is 5.69 Å². The molecular weight excluding hydrogens is 246 g/mol. The average Bonchev–Trinajstić information content (AvgIpc) is 2.90. The van der Waals surface area contributed by atoms with Gasteiger partial charge in [-0.15, -0.1) is 0 Å². The third-order valence-corrected chi connectivity index (χ3v) is 4.24. The molecular formula is C18H23NO. The van der Waals surface area contributed by atoms with Gasteiger partial charge in [-0.3, -0.25) is 0 Å². The molecule has 1 heterocycles. The number of nitrogens with one attached hydrogen (secondary N) is 1. The van der Waals surface area contributed by atoms with E-state index in [1.54, 1.807) is 0 Å². The van der Waals surface area contributed by atoms with Crippen LogP contribution in [-0.2, 0) is 0 Å². The molecule has 2 nitrogen and oxygen atoms in total. The van der Waals surface area contributed by atoms with E-state index in [1.165, 1.54) is 34.9 Å². The number of hydrogen-bond acceptors (Lipinski definition) is 2. The van der Waals surface area contributed by atoms with Crippen molar-refractivity contribution in [2.45, 2.75) is 39.0 Å². The van der Waals surface area contributed by atoms with Gasteiger partial charge in [-0.05, 0) is 23.8 Å². The Bertz CT molecular complexity index is 606. The largest absolute Gasteiger partial charge is 0.493 e. The van der Waals surface area contributed by atoms with Crippen LogP contribution in [-0.4, -0.2) is 13.2 Å². The van der Waals surface area contributed by atoms with Crippen molar-refractivity contribution in [3.8, 4) is 5.75 Å². The Balaban J connectivity index is 2.07. The first-order valence-corrected chi connectivity index (χ1v) is 7.77. The van der Waals surface area contributed by atoms with E-state index in [1.807, 2.05) is 0 Å². The van der Waals surface area contributed by atoms with Gasteiger partial charge in [0.25, 0.3) is 0 Å². The fourth-order valence-corrected chi connectivity index (χ4v) is 3.08. The van der Waals surface area contributed by atoms with Crippen LogP contribution >= 0.6 is 0 Å². The van der Waals surface area contributed by atoms with Crippen LogP contribution in [0.5, 0.6) is 5.75 Å². The molecule has 0 aromatic heterocycles. The average molecular weight is 269 g/mol. The first-order valence-electron chi connectivity index (χ1n) is 7.77. The van der Waals surface area contributed by atoms with E-state index in [4.69, 9.17) is 4.74 Å². The maximum atomic E-state index is 6.01. The molecule has 0 spiro atoms. The zero-order chi connectivity index (χ0) is 13.9. The standard InChI is InChI=1S/C18H23NO/c1-3-5-10-20-17-11-16-18(13(4-2)12-19-16)15-9-7-6-8-14(15)17/h6-9,11,13,19H,3-5,10,12H2,1-2H3/t13-/m1/s1. The second kappa shape index (κ2) is 5.74. The van der Waals surface area contributed by atoms with Gasteiger partial charge < -0.3 is 10.1 Å². The lowest BCUT2D eigenvalue weighted by atomic mass is 9.93. The van der Waals surface area contributed by atoms with E-state index in [0.29, 0.717) is 5.92 Å². The Labute approximate surface area is 121 Å². The van der Waals surface area contributed by atoms with E-state index >= 15 is 0 Å². The van der Waals surface area contributed by atoms with Crippen molar-refractivity contribution in [1.29, 1.82) is 0 Å². The fourth-order valence-electron chi connectivity index (χ4n) is 3.08. The minimum absolute atomic E-state index is 0.625. The molecule has 0 saturated heterocycles. The first-order chi connectivity index (χ1) is 9.85. The number of anilines is 1. The van der Waals surface area contributed by atoms with E-state index in [2.05, 4.69) is 49.5 Å². The minimum atomic E-state index is 0.625. The number of fused-ring (bicyclic) bond motifs is 3. The summed E-state index contributed by atoms with van der Waals surface area (Å²) in [6, 6.07) is 10.8. The van der Waals surface area contributed by atoms with Gasteiger partial charge in [-0.25, -0.2) is 0 Å². The monoisotopic (exact) mass is 269 g/mol. The normalized spacial score (nSPS) is 17.0. The van der Waals surface area contributed by atoms with Gasteiger partial charge in [0.1, 0.15) is 5.75 Å². The molecule has 2 heteroatoms. The minimum Gasteiger partial charge on any atom is -0.493 e. The number of benzene rings is 2. The molecule has 0 amide bonds. The lowest BCUT2D eigenvalue weighted by molar-refractivity contribution is 0.313. The third-order valence-electron chi connectivity index (χ3n) is 4.24. The highest BCUT2D eigenvalue weighted by Gasteiger charge is 2.24. The van der Waals surface area contributed by atoms with Crippen LogP contribution in [0.25, 0.3) is 10.8 Å². The Hall–Kier alpha value is -1.70. The second-order valence-corrected chi connectivity index (χ2v) is 5.57. The molecule has 0 radical (unpaired) electrons. The molecule has 0 aliphatic carbocycles. The van der Waals surface area contributed by atoms with Gasteiger partial charge in [0.15, 0.2) is 0 Å². The van der Waals surface area contributed by atoms with Gasteiger partial charge in [0.05, 0.1) is 6.61 Å². The third kappa shape index (κ3) is 2.24. The molecule has 1 N–H and O–H groups in total. The molecule has 1 atom stereocenters. The van der Waals surface area contributed by atoms with E-state index in [9.17, 15) is 0 Å². The lowest BCUT2D eigenvalue weighted by Gasteiger charge is -2.15. The maximum Gasteiger partial charge on any atom is 0.129 e. The SMILES string of the molecule is CCCCOc1cc2c(c3ccccc13)[C@H](CC)CN2. The summed E-state index contributed by atoms with van der Waals surface area (Å²) < 4.78 is 6.01. The Morgan fingerprint density at radius 1 is 1.20 bits per heavy atom. The van der Waals surface area contributed by atoms with Crippen LogP contribution in [0.3, 0.4) is 0 Å². The van der Waals surface area contributed by atoms with Crippen molar-refractivity contribution >= 4 is 16.5 Å². The number of hydrogen-bond donors (Lipinski definition) is 1. The van der Waals surface area contributed by atoms with Crippen molar-refractivity contribution in [1.82, 2.24) is 0 Å². The highest BCUT2D eigenvalue weighted by Crippen LogP contribution is 2.43. The summed E-state index contributed by atoms with van der Waals surface area (Å²) in [4.78, 5) is 0. The molecule has 0 fully saturated rings. The number of unbranched alkanes of at least 4 members (excludes halogenated alkanes) is 1. The van der Waals surface area contributed by atoms with Gasteiger partial charge in [-0.2, -0.15) is 0 Å². The van der Waals surface area contributed by atoms with E-state index in [-0.39, 0.29) is 0 Å². The van der Waals surface area contributed by atoms with Crippen LogP contribution in [0.1, 0.15) is 44.6 Å². The number of rotatable bonds is 5. The summed E-state index contributed by atoms with van der Waals surface area (Å²) in [5, 5.41) is 6.15. The Morgan fingerprint density at radius 3 is 2.75 bits per heavy atom. The lowest BCUT2D eigenvalue weighted by Crippen LogP contribution is -2.00. The van der Waals surface area contributed by atoms with Crippen molar-refractivity contribution in [2.75, 3.05) is 18.5 Å². The molecule has 0 bridgehead atoms. The number of ether oxygens (including phenoxy) is 1. The molecule has 20 heavy (non-hydrogen) atoms. The van der Waals surface area contributed by atoms with Gasteiger partial charge in [-0.1, -0.05) is 44.5 Å². The predicted molar refractivity (Wildman–Crippen MR) is 85.9 cm³/mol. The van der Waals surface area contributed by atoms with Crippen molar-refractivity contribution in [3.05, 3.63) is 35.9 Å². The molecule has 106 valence electrons. The van der Waals surface area contributed by atoms with Crippen molar-refractivity contribution in [3.63, 3.8) is 0 Å². The van der Waals surface area contributed by atoms with Crippen LogP contribution in [0.15, 0.2) is 30.3 Å². The van der Waals surface area contributed by atoms with Crippen LogP contribution < -0.4 is 10.1 Å². The van der Waals surface area contributed by atoms with Gasteiger partial charge in [0, 0.05) is 29.6 Å². The fraction of sp³-hybridized carbons (Fsp3) is 0.444. The van der Waals surface area contributed by atoms with Crippen LogP contribution in [0, 0.1) is 0 Å². The van der Waals surface area contributed by atoms with Crippen molar-refractivity contribution in [2.24, 2.45) is 0 Å². The Kier molecular flexibility index (Phi) is 3.81. The van der Waals surface area contributed by atoms with Crippen molar-refractivity contribution < 1.29 is 4.74 Å². The molecule has 0 saturated carbocycles. The Morgan fingerprint density at radius 2 is 2.00 bits per heavy atom. The summed E-state index contributed by atoms with van der Waals surface area (Å²) in [5.41, 5.74) is 2.74. The first kappa shape index (κ1) is 13.3. The maximum absolute atomic E-state index is 6.01. The smallest absolute Gasteiger partial charge is 0.129 e. The molecule has 1 aliphatic heterocycles. The van der Waals surface area contributed by atoms with E-state index in [0.717, 1.165) is 25.3 Å². The highest BCUT2D eigenvalue weighted by molar-refractivity contribution is 5.96. The summed E-state index contributed by atoms with van der Waals surface area (Å²) in [6.07, 6.45) is 3.45. The quantitative estimate of drug-likeness (QED) is 0.776.